The number of nitrogens with one attached hydrogen (secondary N) is 1. The summed E-state index contributed by atoms with van der Waals surface area (Å²) in [7, 11) is 0. The van der Waals surface area contributed by atoms with Crippen LogP contribution in [-0.2, 0) is 11.3 Å². The van der Waals surface area contributed by atoms with Crippen LogP contribution in [0.4, 0.5) is 0 Å². The highest BCUT2D eigenvalue weighted by atomic mass is 16.7. The molecule has 0 bridgehead atoms. The number of benzene rings is 1. The van der Waals surface area contributed by atoms with E-state index in [2.05, 4.69) is 5.32 Å². The Morgan fingerprint density at radius 2 is 2.10 bits per heavy atom. The lowest BCUT2D eigenvalue weighted by molar-refractivity contribution is -0.132. The van der Waals surface area contributed by atoms with Gasteiger partial charge < -0.3 is 19.7 Å². The molecule has 1 aliphatic heterocycles. The van der Waals surface area contributed by atoms with Gasteiger partial charge in [0.2, 0.25) is 12.7 Å². The molecule has 1 unspecified atom stereocenters. The highest BCUT2D eigenvalue weighted by molar-refractivity contribution is 5.76. The number of ether oxygens (including phenoxy) is 2. The van der Waals surface area contributed by atoms with Gasteiger partial charge in [0, 0.05) is 25.6 Å². The number of hydrogen-bond donors (Lipinski definition) is 1. The summed E-state index contributed by atoms with van der Waals surface area (Å²) in [5, 5.41) is 3.27. The third kappa shape index (κ3) is 4.11. The van der Waals surface area contributed by atoms with Gasteiger partial charge in [-0.05, 0) is 38.1 Å². The normalized spacial score (nSPS) is 14.0. The maximum atomic E-state index is 12.3. The summed E-state index contributed by atoms with van der Waals surface area (Å²) in [5.74, 6) is 1.70. The standard InChI is InChI=1S/C16H24N2O3/c1-4-17-12(3)8-16(19)18(5-2)10-13-6-7-14-15(9-13)21-11-20-14/h6-7,9,12,17H,4-5,8,10-11H2,1-3H3. The van der Waals surface area contributed by atoms with Crippen LogP contribution in [0.1, 0.15) is 32.8 Å². The average Bonchev–Trinajstić information content (AvgIpc) is 2.92. The number of fused-ring (bicyclic) bond motifs is 1. The van der Waals surface area contributed by atoms with Gasteiger partial charge >= 0.3 is 0 Å². The Kier molecular flexibility index (Phi) is 5.44. The second-order valence-electron chi connectivity index (χ2n) is 5.26. The lowest BCUT2D eigenvalue weighted by atomic mass is 10.1. The van der Waals surface area contributed by atoms with Gasteiger partial charge in [0.1, 0.15) is 0 Å². The Labute approximate surface area is 126 Å². The fourth-order valence-corrected chi connectivity index (χ4v) is 2.45. The van der Waals surface area contributed by atoms with Crippen LogP contribution in [0, 0.1) is 0 Å². The predicted octanol–water partition coefficient (Wildman–Crippen LogP) is 2.15. The van der Waals surface area contributed by atoms with E-state index in [1.807, 2.05) is 43.9 Å². The van der Waals surface area contributed by atoms with E-state index in [0.29, 0.717) is 19.5 Å². The van der Waals surface area contributed by atoms with Crippen LogP contribution in [0.2, 0.25) is 0 Å². The maximum absolute atomic E-state index is 12.3. The van der Waals surface area contributed by atoms with E-state index >= 15 is 0 Å². The molecule has 1 heterocycles. The molecule has 0 aromatic heterocycles. The molecule has 1 atom stereocenters. The Morgan fingerprint density at radius 1 is 1.33 bits per heavy atom. The van der Waals surface area contributed by atoms with Gasteiger partial charge in [0.05, 0.1) is 0 Å². The number of hydrogen-bond acceptors (Lipinski definition) is 4. The zero-order valence-electron chi connectivity index (χ0n) is 13.0. The van der Waals surface area contributed by atoms with Gasteiger partial charge in [-0.2, -0.15) is 0 Å². The largest absolute Gasteiger partial charge is 0.454 e. The van der Waals surface area contributed by atoms with Crippen molar-refractivity contribution in [3.05, 3.63) is 23.8 Å². The Morgan fingerprint density at radius 3 is 2.81 bits per heavy atom. The van der Waals surface area contributed by atoms with Crippen molar-refractivity contribution < 1.29 is 14.3 Å². The minimum atomic E-state index is 0.170. The lowest BCUT2D eigenvalue weighted by Gasteiger charge is -2.23. The molecule has 1 N–H and O–H groups in total. The van der Waals surface area contributed by atoms with E-state index in [4.69, 9.17) is 9.47 Å². The molecular formula is C16H24N2O3. The van der Waals surface area contributed by atoms with Crippen LogP contribution < -0.4 is 14.8 Å². The number of carbonyl (C=O) groups is 1. The van der Waals surface area contributed by atoms with Crippen LogP contribution in [0.15, 0.2) is 18.2 Å². The van der Waals surface area contributed by atoms with Crippen LogP contribution in [0.3, 0.4) is 0 Å². The maximum Gasteiger partial charge on any atom is 0.231 e. The topological polar surface area (TPSA) is 50.8 Å². The number of nitrogens with zero attached hydrogens (tertiary/aromatic N) is 1. The van der Waals surface area contributed by atoms with E-state index < -0.39 is 0 Å². The van der Waals surface area contributed by atoms with E-state index in [0.717, 1.165) is 23.6 Å². The van der Waals surface area contributed by atoms with Crippen LogP contribution in [0.5, 0.6) is 11.5 Å². The van der Waals surface area contributed by atoms with Gasteiger partial charge in [0.25, 0.3) is 0 Å². The molecule has 0 spiro atoms. The van der Waals surface area contributed by atoms with Crippen molar-refractivity contribution in [2.75, 3.05) is 19.9 Å². The first kappa shape index (κ1) is 15.6. The summed E-state index contributed by atoms with van der Waals surface area (Å²) in [5.41, 5.74) is 1.06. The van der Waals surface area contributed by atoms with E-state index in [9.17, 15) is 4.79 Å². The van der Waals surface area contributed by atoms with Crippen molar-refractivity contribution in [2.45, 2.75) is 39.8 Å². The third-order valence-corrected chi connectivity index (χ3v) is 3.58. The van der Waals surface area contributed by atoms with E-state index in [-0.39, 0.29) is 18.7 Å². The van der Waals surface area contributed by atoms with Gasteiger partial charge in [-0.3, -0.25) is 4.79 Å². The summed E-state index contributed by atoms with van der Waals surface area (Å²) in [6, 6.07) is 6.04. The molecule has 1 aliphatic rings. The fraction of sp³-hybridized carbons (Fsp3) is 0.562. The Bertz CT molecular complexity index is 490. The first-order valence-corrected chi connectivity index (χ1v) is 7.53. The van der Waals surface area contributed by atoms with Gasteiger partial charge in [-0.25, -0.2) is 0 Å². The molecule has 5 nitrogen and oxygen atoms in total. The molecule has 1 amide bonds. The van der Waals surface area contributed by atoms with Crippen molar-refractivity contribution in [3.8, 4) is 11.5 Å². The van der Waals surface area contributed by atoms with Crippen molar-refractivity contribution >= 4 is 5.91 Å². The summed E-state index contributed by atoms with van der Waals surface area (Å²) < 4.78 is 10.7. The van der Waals surface area contributed by atoms with Gasteiger partial charge in [-0.15, -0.1) is 0 Å². The second kappa shape index (κ2) is 7.31. The molecule has 5 heteroatoms. The lowest BCUT2D eigenvalue weighted by Crippen LogP contribution is -2.36. The van der Waals surface area contributed by atoms with Crippen molar-refractivity contribution in [1.29, 1.82) is 0 Å². The first-order chi connectivity index (χ1) is 10.1. The molecule has 0 aliphatic carbocycles. The highest BCUT2D eigenvalue weighted by Gasteiger charge is 2.18. The zero-order valence-corrected chi connectivity index (χ0v) is 13.0. The van der Waals surface area contributed by atoms with Gasteiger partial charge in [0.15, 0.2) is 11.5 Å². The molecule has 1 aromatic rings. The van der Waals surface area contributed by atoms with Crippen LogP contribution in [-0.4, -0.2) is 36.7 Å². The Balaban J connectivity index is 1.96. The molecule has 21 heavy (non-hydrogen) atoms. The average molecular weight is 292 g/mol. The monoisotopic (exact) mass is 292 g/mol. The first-order valence-electron chi connectivity index (χ1n) is 7.53. The number of rotatable bonds is 7. The Hall–Kier alpha value is -1.75. The smallest absolute Gasteiger partial charge is 0.231 e. The quantitative estimate of drug-likeness (QED) is 0.836. The molecular weight excluding hydrogens is 268 g/mol. The third-order valence-electron chi connectivity index (χ3n) is 3.58. The highest BCUT2D eigenvalue weighted by Crippen LogP contribution is 2.32. The molecule has 2 rings (SSSR count). The zero-order chi connectivity index (χ0) is 15.2. The SMILES string of the molecule is CCNC(C)CC(=O)N(CC)Cc1ccc2c(c1)OCO2. The molecule has 0 saturated heterocycles. The summed E-state index contributed by atoms with van der Waals surface area (Å²) >= 11 is 0. The number of carbonyl (C=O) groups excluding carboxylic acids is 1. The van der Waals surface area contributed by atoms with Crippen molar-refractivity contribution in [2.24, 2.45) is 0 Å². The minimum absolute atomic E-state index is 0.170. The van der Waals surface area contributed by atoms with Crippen molar-refractivity contribution in [3.63, 3.8) is 0 Å². The molecule has 1 aromatic carbocycles. The molecule has 0 fully saturated rings. The molecule has 0 radical (unpaired) electrons. The number of amides is 1. The van der Waals surface area contributed by atoms with E-state index in [1.165, 1.54) is 0 Å². The van der Waals surface area contributed by atoms with Crippen molar-refractivity contribution in [1.82, 2.24) is 10.2 Å². The van der Waals surface area contributed by atoms with Crippen LogP contribution >= 0.6 is 0 Å². The second-order valence-corrected chi connectivity index (χ2v) is 5.26. The van der Waals surface area contributed by atoms with Gasteiger partial charge in [-0.1, -0.05) is 13.0 Å². The predicted molar refractivity (Wildman–Crippen MR) is 81.4 cm³/mol. The summed E-state index contributed by atoms with van der Waals surface area (Å²) in [4.78, 5) is 14.2. The summed E-state index contributed by atoms with van der Waals surface area (Å²) in [6.45, 7) is 8.54. The molecule has 0 saturated carbocycles. The van der Waals surface area contributed by atoms with E-state index in [1.54, 1.807) is 0 Å². The fourth-order valence-electron chi connectivity index (χ4n) is 2.45. The summed E-state index contributed by atoms with van der Waals surface area (Å²) in [6.07, 6.45) is 0.520. The minimum Gasteiger partial charge on any atom is -0.454 e. The van der Waals surface area contributed by atoms with Crippen LogP contribution in [0.25, 0.3) is 0 Å². The molecule has 116 valence electrons.